The summed E-state index contributed by atoms with van der Waals surface area (Å²) in [6, 6.07) is 14.5. The van der Waals surface area contributed by atoms with Gasteiger partial charge in [0.05, 0.1) is 24.3 Å². The summed E-state index contributed by atoms with van der Waals surface area (Å²) in [7, 11) is 1.71. The zero-order valence-electron chi connectivity index (χ0n) is 16.9. The second kappa shape index (κ2) is 11.2. The van der Waals surface area contributed by atoms with Gasteiger partial charge in [-0.15, -0.1) is 0 Å². The molecule has 0 bridgehead atoms. The van der Waals surface area contributed by atoms with Crippen LogP contribution in [0.25, 0.3) is 0 Å². The Kier molecular flexibility index (Phi) is 9.00. The van der Waals surface area contributed by atoms with Gasteiger partial charge in [0.25, 0.3) is 5.91 Å². The quantitative estimate of drug-likeness (QED) is 0.482. The molecule has 2 aromatic carbocycles. The summed E-state index contributed by atoms with van der Waals surface area (Å²) >= 11 is 3.44. The number of hydrogen-bond donors (Lipinski definition) is 1. The van der Waals surface area contributed by atoms with Gasteiger partial charge < -0.3 is 14.7 Å². The molecule has 0 spiro atoms. The Balaban J connectivity index is 2.11. The van der Waals surface area contributed by atoms with E-state index >= 15 is 0 Å². The molecule has 1 amide bonds. The molecule has 2 atom stereocenters. The summed E-state index contributed by atoms with van der Waals surface area (Å²) < 4.78 is 6.72. The number of rotatable bonds is 10. The van der Waals surface area contributed by atoms with Crippen molar-refractivity contribution in [1.82, 2.24) is 4.90 Å². The lowest BCUT2D eigenvalue weighted by molar-refractivity contribution is 0.0483. The Labute approximate surface area is 176 Å². The summed E-state index contributed by atoms with van der Waals surface area (Å²) in [5.41, 5.74) is 1.29. The van der Waals surface area contributed by atoms with Gasteiger partial charge in [0.1, 0.15) is 5.75 Å². The molecular weight excluding hydrogens is 418 g/mol. The number of unbranched alkanes of at least 4 members (excludes halogenated alkanes) is 3. The molecule has 0 aliphatic rings. The summed E-state index contributed by atoms with van der Waals surface area (Å²) in [5.74, 6) is 0.408. The predicted octanol–water partition coefficient (Wildman–Crippen LogP) is 5.60. The van der Waals surface area contributed by atoms with Crippen LogP contribution >= 0.6 is 15.9 Å². The van der Waals surface area contributed by atoms with E-state index in [0.29, 0.717) is 17.9 Å². The van der Waals surface area contributed by atoms with Crippen LogP contribution in [-0.4, -0.2) is 35.6 Å². The second-order valence-electron chi connectivity index (χ2n) is 7.06. The third kappa shape index (κ3) is 6.08. The molecule has 152 valence electrons. The van der Waals surface area contributed by atoms with Crippen molar-refractivity contribution in [2.24, 2.45) is 0 Å². The lowest BCUT2D eigenvalue weighted by atomic mass is 10.0. The van der Waals surface area contributed by atoms with Crippen LogP contribution in [0.4, 0.5) is 0 Å². The molecule has 4 nitrogen and oxygen atoms in total. The highest BCUT2D eigenvalue weighted by molar-refractivity contribution is 9.10. The lowest BCUT2D eigenvalue weighted by Crippen LogP contribution is -2.39. The Morgan fingerprint density at radius 1 is 1.14 bits per heavy atom. The van der Waals surface area contributed by atoms with Gasteiger partial charge in [-0.05, 0) is 37.1 Å². The first-order chi connectivity index (χ1) is 13.5. The zero-order valence-corrected chi connectivity index (χ0v) is 18.5. The predicted molar refractivity (Wildman–Crippen MR) is 117 cm³/mol. The molecule has 5 heteroatoms. The fourth-order valence-corrected chi connectivity index (χ4v) is 3.38. The number of likely N-dealkylation sites (N-methyl/N-ethyl adjacent to an activating group) is 1. The number of ether oxygens (including phenoxy) is 1. The van der Waals surface area contributed by atoms with Crippen LogP contribution in [0.3, 0.4) is 0 Å². The fraction of sp³-hybridized carbons (Fsp3) is 0.435. The van der Waals surface area contributed by atoms with Crippen molar-refractivity contribution in [3.63, 3.8) is 0 Å². The van der Waals surface area contributed by atoms with Crippen LogP contribution < -0.4 is 4.74 Å². The standard InChI is InChI=1S/C23H30BrNO3/c1-4-5-6-10-15-28-21-14-13-19(24)16-20(21)23(27)25(3)17(2)22(26)18-11-8-7-9-12-18/h7-9,11-14,16-17,22,26H,4-6,10,15H2,1-3H3. The van der Waals surface area contributed by atoms with Crippen molar-refractivity contribution in [2.75, 3.05) is 13.7 Å². The van der Waals surface area contributed by atoms with Gasteiger partial charge in [0.15, 0.2) is 0 Å². The molecule has 2 unspecified atom stereocenters. The van der Waals surface area contributed by atoms with Crippen LogP contribution in [0, 0.1) is 0 Å². The van der Waals surface area contributed by atoms with Gasteiger partial charge >= 0.3 is 0 Å². The highest BCUT2D eigenvalue weighted by atomic mass is 79.9. The normalized spacial score (nSPS) is 13.0. The zero-order chi connectivity index (χ0) is 20.5. The van der Waals surface area contributed by atoms with E-state index in [9.17, 15) is 9.90 Å². The number of halogens is 1. The summed E-state index contributed by atoms with van der Waals surface area (Å²) in [6.45, 7) is 4.61. The van der Waals surface area contributed by atoms with Crippen LogP contribution in [-0.2, 0) is 0 Å². The monoisotopic (exact) mass is 447 g/mol. The van der Waals surface area contributed by atoms with Gasteiger partial charge in [0.2, 0.25) is 0 Å². The first-order valence-corrected chi connectivity index (χ1v) is 10.7. The van der Waals surface area contributed by atoms with Gasteiger partial charge in [-0.3, -0.25) is 4.79 Å². The van der Waals surface area contributed by atoms with E-state index in [-0.39, 0.29) is 11.9 Å². The fourth-order valence-electron chi connectivity index (χ4n) is 3.02. The van der Waals surface area contributed by atoms with Crippen molar-refractivity contribution in [2.45, 2.75) is 51.7 Å². The number of amides is 1. The van der Waals surface area contributed by atoms with E-state index < -0.39 is 6.10 Å². The van der Waals surface area contributed by atoms with E-state index in [0.717, 1.165) is 22.9 Å². The molecule has 0 saturated heterocycles. The number of aliphatic hydroxyl groups is 1. The lowest BCUT2D eigenvalue weighted by Gasteiger charge is -2.30. The van der Waals surface area contributed by atoms with E-state index in [1.807, 2.05) is 49.4 Å². The minimum absolute atomic E-state index is 0.174. The summed E-state index contributed by atoms with van der Waals surface area (Å²) in [6.07, 6.45) is 3.69. The van der Waals surface area contributed by atoms with Gasteiger partial charge in [0, 0.05) is 11.5 Å². The van der Waals surface area contributed by atoms with E-state index in [1.165, 1.54) is 12.8 Å². The van der Waals surface area contributed by atoms with Gasteiger partial charge in [-0.2, -0.15) is 0 Å². The number of benzene rings is 2. The summed E-state index contributed by atoms with van der Waals surface area (Å²) in [5, 5.41) is 10.7. The van der Waals surface area contributed by atoms with Gasteiger partial charge in [-0.1, -0.05) is 72.4 Å². The van der Waals surface area contributed by atoms with Crippen molar-refractivity contribution in [3.8, 4) is 5.75 Å². The second-order valence-corrected chi connectivity index (χ2v) is 7.98. The molecular formula is C23H30BrNO3. The summed E-state index contributed by atoms with van der Waals surface area (Å²) in [4.78, 5) is 14.7. The molecule has 1 N–H and O–H groups in total. The average molecular weight is 448 g/mol. The molecule has 2 aromatic rings. The molecule has 0 aromatic heterocycles. The first-order valence-electron chi connectivity index (χ1n) is 9.88. The van der Waals surface area contributed by atoms with Crippen LogP contribution in [0.15, 0.2) is 53.0 Å². The van der Waals surface area contributed by atoms with Crippen LogP contribution in [0.1, 0.15) is 61.6 Å². The number of aliphatic hydroxyl groups excluding tert-OH is 1. The highest BCUT2D eigenvalue weighted by Gasteiger charge is 2.26. The molecule has 0 radical (unpaired) electrons. The van der Waals surface area contributed by atoms with Crippen molar-refractivity contribution in [1.29, 1.82) is 0 Å². The Morgan fingerprint density at radius 2 is 1.86 bits per heavy atom. The largest absolute Gasteiger partial charge is 0.493 e. The minimum Gasteiger partial charge on any atom is -0.493 e. The van der Waals surface area contributed by atoms with Gasteiger partial charge in [-0.25, -0.2) is 0 Å². The number of hydrogen-bond acceptors (Lipinski definition) is 3. The van der Waals surface area contributed by atoms with Crippen molar-refractivity contribution in [3.05, 3.63) is 64.1 Å². The molecule has 0 saturated carbocycles. The van der Waals surface area contributed by atoms with Crippen molar-refractivity contribution >= 4 is 21.8 Å². The first kappa shape index (κ1) is 22.4. The van der Waals surface area contributed by atoms with E-state index in [1.54, 1.807) is 18.0 Å². The minimum atomic E-state index is -0.763. The third-order valence-corrected chi connectivity index (χ3v) is 5.45. The molecule has 0 fully saturated rings. The maximum atomic E-state index is 13.1. The SMILES string of the molecule is CCCCCCOc1ccc(Br)cc1C(=O)N(C)C(C)C(O)c1ccccc1. The topological polar surface area (TPSA) is 49.8 Å². The molecule has 0 heterocycles. The maximum absolute atomic E-state index is 13.1. The molecule has 2 rings (SSSR count). The third-order valence-electron chi connectivity index (χ3n) is 4.96. The highest BCUT2D eigenvalue weighted by Crippen LogP contribution is 2.27. The van der Waals surface area contributed by atoms with Crippen LogP contribution in [0.5, 0.6) is 5.75 Å². The van der Waals surface area contributed by atoms with Crippen molar-refractivity contribution < 1.29 is 14.6 Å². The maximum Gasteiger partial charge on any atom is 0.257 e. The van der Waals surface area contributed by atoms with Crippen LogP contribution in [0.2, 0.25) is 0 Å². The smallest absolute Gasteiger partial charge is 0.257 e. The van der Waals surface area contributed by atoms with E-state index in [4.69, 9.17) is 4.74 Å². The molecule has 28 heavy (non-hydrogen) atoms. The van der Waals surface area contributed by atoms with E-state index in [2.05, 4.69) is 22.9 Å². The Bertz CT molecular complexity index is 751. The average Bonchev–Trinajstić information content (AvgIpc) is 2.73. The number of nitrogens with zero attached hydrogens (tertiary/aromatic N) is 1. The Morgan fingerprint density at radius 3 is 2.54 bits per heavy atom. The number of carbonyl (C=O) groups excluding carboxylic acids is 1. The number of carbonyl (C=O) groups is 1. The molecule has 0 aliphatic carbocycles. The molecule has 0 aliphatic heterocycles. The Hall–Kier alpha value is -1.85.